The molecule has 1 heterocycles. The number of nitrogens with one attached hydrogen (secondary N) is 2. The molecule has 20 heavy (non-hydrogen) atoms. The number of nitrogens with zero attached hydrogens (tertiary/aromatic N) is 2. The molecule has 2 aliphatic rings. The number of ether oxygens (including phenoxy) is 1. The van der Waals surface area contributed by atoms with E-state index in [-0.39, 0.29) is 5.60 Å². The van der Waals surface area contributed by atoms with Crippen LogP contribution < -0.4 is 10.6 Å². The predicted molar refractivity (Wildman–Crippen MR) is 83.2 cm³/mol. The summed E-state index contributed by atoms with van der Waals surface area (Å²) < 4.78 is 5.79. The Bertz CT molecular complexity index is 331. The Labute approximate surface area is 123 Å². The average molecular weight is 282 g/mol. The maximum atomic E-state index is 5.79. The third kappa shape index (κ3) is 4.35. The molecule has 5 nitrogen and oxygen atoms in total. The van der Waals surface area contributed by atoms with Crippen molar-refractivity contribution in [2.45, 2.75) is 44.2 Å². The van der Waals surface area contributed by atoms with Crippen LogP contribution in [0.3, 0.4) is 0 Å². The second-order valence-electron chi connectivity index (χ2n) is 6.58. The molecule has 1 aliphatic carbocycles. The molecule has 5 heteroatoms. The first kappa shape index (κ1) is 15.6. The number of likely N-dealkylation sites (N-methyl/N-ethyl adjacent to an activating group) is 1. The SMILES string of the molecule is CN=C(NCC(C1CC1)N(C)C)NCC1(C)CCCO1. The van der Waals surface area contributed by atoms with Crippen LogP contribution in [-0.4, -0.2) is 63.3 Å². The van der Waals surface area contributed by atoms with Crippen molar-refractivity contribution < 1.29 is 4.74 Å². The fourth-order valence-electron chi connectivity index (χ4n) is 2.92. The molecule has 0 bridgehead atoms. The number of hydrogen-bond donors (Lipinski definition) is 2. The zero-order chi connectivity index (χ0) is 14.6. The van der Waals surface area contributed by atoms with Crippen molar-refractivity contribution in [3.8, 4) is 0 Å². The molecule has 2 rings (SSSR count). The standard InChI is InChI=1S/C15H30N4O/c1-15(8-5-9-20-15)11-18-14(16-2)17-10-13(19(3)4)12-6-7-12/h12-13H,5-11H2,1-4H3,(H2,16,17,18). The molecule has 0 aromatic heterocycles. The van der Waals surface area contributed by atoms with Crippen molar-refractivity contribution >= 4 is 5.96 Å². The van der Waals surface area contributed by atoms with Crippen molar-refractivity contribution in [3.63, 3.8) is 0 Å². The molecule has 0 radical (unpaired) electrons. The van der Waals surface area contributed by atoms with E-state index in [0.717, 1.165) is 44.4 Å². The van der Waals surface area contributed by atoms with Gasteiger partial charge in [-0.25, -0.2) is 0 Å². The van der Waals surface area contributed by atoms with E-state index < -0.39 is 0 Å². The van der Waals surface area contributed by atoms with Crippen LogP contribution in [0.1, 0.15) is 32.6 Å². The molecule has 0 aromatic carbocycles. The van der Waals surface area contributed by atoms with E-state index >= 15 is 0 Å². The third-order valence-electron chi connectivity index (χ3n) is 4.46. The van der Waals surface area contributed by atoms with Gasteiger partial charge in [0.15, 0.2) is 5.96 Å². The largest absolute Gasteiger partial charge is 0.373 e. The van der Waals surface area contributed by atoms with Crippen molar-refractivity contribution in [1.29, 1.82) is 0 Å². The highest BCUT2D eigenvalue weighted by Crippen LogP contribution is 2.34. The Hall–Kier alpha value is -0.810. The maximum Gasteiger partial charge on any atom is 0.191 e. The summed E-state index contributed by atoms with van der Waals surface area (Å²) in [5.41, 5.74) is -0.0327. The van der Waals surface area contributed by atoms with E-state index in [1.165, 1.54) is 12.8 Å². The molecule has 2 fully saturated rings. The van der Waals surface area contributed by atoms with Crippen LogP contribution in [0.5, 0.6) is 0 Å². The van der Waals surface area contributed by atoms with Gasteiger partial charge in [-0.3, -0.25) is 4.99 Å². The van der Waals surface area contributed by atoms with Crippen molar-refractivity contribution in [1.82, 2.24) is 15.5 Å². The van der Waals surface area contributed by atoms with E-state index in [2.05, 4.69) is 41.5 Å². The second-order valence-corrected chi connectivity index (χ2v) is 6.58. The van der Waals surface area contributed by atoms with Crippen LogP contribution in [0.2, 0.25) is 0 Å². The predicted octanol–water partition coefficient (Wildman–Crippen LogP) is 1.06. The van der Waals surface area contributed by atoms with Crippen molar-refractivity contribution in [3.05, 3.63) is 0 Å². The van der Waals surface area contributed by atoms with Gasteiger partial charge in [0.1, 0.15) is 0 Å². The Kier molecular flexibility index (Phi) is 5.27. The summed E-state index contributed by atoms with van der Waals surface area (Å²) >= 11 is 0. The molecular formula is C15H30N4O. The Morgan fingerprint density at radius 1 is 1.40 bits per heavy atom. The Morgan fingerprint density at radius 2 is 2.15 bits per heavy atom. The molecule has 2 unspecified atom stereocenters. The van der Waals surface area contributed by atoms with Gasteiger partial charge in [0.05, 0.1) is 5.60 Å². The lowest BCUT2D eigenvalue weighted by Gasteiger charge is -2.27. The van der Waals surface area contributed by atoms with Crippen LogP contribution >= 0.6 is 0 Å². The summed E-state index contributed by atoms with van der Waals surface area (Å²) in [6, 6.07) is 0.604. The lowest BCUT2D eigenvalue weighted by Crippen LogP contribution is -2.49. The van der Waals surface area contributed by atoms with Crippen molar-refractivity contribution in [2.75, 3.05) is 40.8 Å². The van der Waals surface area contributed by atoms with E-state index in [9.17, 15) is 0 Å². The van der Waals surface area contributed by atoms with Gasteiger partial charge < -0.3 is 20.3 Å². The summed E-state index contributed by atoms with van der Waals surface area (Å²) in [7, 11) is 6.15. The monoisotopic (exact) mass is 282 g/mol. The van der Waals surface area contributed by atoms with Gasteiger partial charge >= 0.3 is 0 Å². The highest BCUT2D eigenvalue weighted by molar-refractivity contribution is 5.79. The molecule has 2 atom stereocenters. The first-order chi connectivity index (χ1) is 9.54. The molecule has 1 saturated carbocycles. The molecule has 1 saturated heterocycles. The van der Waals surface area contributed by atoms with Crippen LogP contribution in [0, 0.1) is 5.92 Å². The normalized spacial score (nSPS) is 28.8. The van der Waals surface area contributed by atoms with Gasteiger partial charge in [-0.15, -0.1) is 0 Å². The van der Waals surface area contributed by atoms with E-state index in [0.29, 0.717) is 6.04 Å². The van der Waals surface area contributed by atoms with Gasteiger partial charge in [0, 0.05) is 32.8 Å². The summed E-state index contributed by atoms with van der Waals surface area (Å²) in [5, 5.41) is 6.86. The highest BCUT2D eigenvalue weighted by Gasteiger charge is 2.33. The quantitative estimate of drug-likeness (QED) is 0.565. The highest BCUT2D eigenvalue weighted by atomic mass is 16.5. The molecule has 2 N–H and O–H groups in total. The third-order valence-corrected chi connectivity index (χ3v) is 4.46. The molecule has 0 amide bonds. The lowest BCUT2D eigenvalue weighted by molar-refractivity contribution is 0.0242. The summed E-state index contributed by atoms with van der Waals surface area (Å²) in [4.78, 5) is 6.63. The Balaban J connectivity index is 1.74. The first-order valence-corrected chi connectivity index (χ1v) is 7.79. The van der Waals surface area contributed by atoms with Gasteiger partial charge in [-0.1, -0.05) is 0 Å². The summed E-state index contributed by atoms with van der Waals surface area (Å²) in [6.07, 6.45) is 5.01. The fourth-order valence-corrected chi connectivity index (χ4v) is 2.92. The molecule has 0 aromatic rings. The van der Waals surface area contributed by atoms with Crippen LogP contribution in [0.4, 0.5) is 0 Å². The number of rotatable bonds is 6. The lowest BCUT2D eigenvalue weighted by atomic mass is 10.0. The number of hydrogen-bond acceptors (Lipinski definition) is 3. The molecule has 0 spiro atoms. The van der Waals surface area contributed by atoms with E-state index in [1.54, 1.807) is 0 Å². The van der Waals surface area contributed by atoms with E-state index in [4.69, 9.17) is 4.74 Å². The zero-order valence-corrected chi connectivity index (χ0v) is 13.4. The smallest absolute Gasteiger partial charge is 0.191 e. The van der Waals surface area contributed by atoms with Crippen LogP contribution in [-0.2, 0) is 4.74 Å². The first-order valence-electron chi connectivity index (χ1n) is 7.79. The zero-order valence-electron chi connectivity index (χ0n) is 13.4. The molecule has 116 valence electrons. The molecule has 1 aliphatic heterocycles. The minimum atomic E-state index is -0.0327. The summed E-state index contributed by atoms with van der Waals surface area (Å²) in [5.74, 6) is 1.74. The van der Waals surface area contributed by atoms with Gasteiger partial charge in [-0.05, 0) is 52.6 Å². The number of aliphatic imine (C=N–C) groups is 1. The van der Waals surface area contributed by atoms with Crippen LogP contribution in [0.25, 0.3) is 0 Å². The maximum absolute atomic E-state index is 5.79. The molecular weight excluding hydrogens is 252 g/mol. The van der Waals surface area contributed by atoms with Crippen LogP contribution in [0.15, 0.2) is 4.99 Å². The second kappa shape index (κ2) is 6.76. The topological polar surface area (TPSA) is 48.9 Å². The van der Waals surface area contributed by atoms with Crippen molar-refractivity contribution in [2.24, 2.45) is 10.9 Å². The summed E-state index contributed by atoms with van der Waals surface area (Å²) in [6.45, 7) is 4.83. The Morgan fingerprint density at radius 3 is 2.65 bits per heavy atom. The number of guanidine groups is 1. The average Bonchev–Trinajstić information content (AvgIpc) is 3.15. The van der Waals surface area contributed by atoms with Gasteiger partial charge in [0.2, 0.25) is 0 Å². The van der Waals surface area contributed by atoms with Gasteiger partial charge in [0.25, 0.3) is 0 Å². The van der Waals surface area contributed by atoms with Gasteiger partial charge in [-0.2, -0.15) is 0 Å². The minimum absolute atomic E-state index is 0.0327. The minimum Gasteiger partial charge on any atom is -0.373 e. The van der Waals surface area contributed by atoms with E-state index in [1.807, 2.05) is 7.05 Å². The fraction of sp³-hybridized carbons (Fsp3) is 0.933.